The molecule has 136 valence electrons. The van der Waals surface area contributed by atoms with Crippen LogP contribution < -0.4 is 4.74 Å². The van der Waals surface area contributed by atoms with Gasteiger partial charge >= 0.3 is 0 Å². The van der Waals surface area contributed by atoms with Crippen molar-refractivity contribution in [3.8, 4) is 5.75 Å². The van der Waals surface area contributed by atoms with Crippen LogP contribution in [0.3, 0.4) is 0 Å². The van der Waals surface area contributed by atoms with Crippen LogP contribution in [0.15, 0.2) is 21.6 Å². The van der Waals surface area contributed by atoms with Gasteiger partial charge in [-0.25, -0.2) is 8.78 Å². The Morgan fingerprint density at radius 1 is 1.48 bits per heavy atom. The van der Waals surface area contributed by atoms with Crippen molar-refractivity contribution in [3.63, 3.8) is 0 Å². The highest BCUT2D eigenvalue weighted by molar-refractivity contribution is 7.91. The first-order valence-corrected chi connectivity index (χ1v) is 8.78. The lowest BCUT2D eigenvalue weighted by atomic mass is 9.97. The van der Waals surface area contributed by atoms with E-state index in [0.29, 0.717) is 22.6 Å². The quantitative estimate of drug-likeness (QED) is 0.257. The zero-order valence-electron chi connectivity index (χ0n) is 14.5. The smallest absolute Gasteiger partial charge is 0.147 e. The molecule has 9 heteroatoms. The molecule has 0 aliphatic carbocycles. The number of hydrogen-bond acceptors (Lipinski definition) is 4. The summed E-state index contributed by atoms with van der Waals surface area (Å²) < 4.78 is 49.1. The van der Waals surface area contributed by atoms with Gasteiger partial charge in [-0.3, -0.25) is 0 Å². The summed E-state index contributed by atoms with van der Waals surface area (Å²) in [6.07, 6.45) is 0.0816. The maximum absolute atomic E-state index is 14.0. The third-order valence-corrected chi connectivity index (χ3v) is 5.25. The van der Waals surface area contributed by atoms with E-state index in [1.165, 1.54) is 12.1 Å². The largest absolute Gasteiger partial charge is 0.591 e. The summed E-state index contributed by atoms with van der Waals surface area (Å²) >= 11 is -1.53. The zero-order valence-corrected chi connectivity index (χ0v) is 15.4. The second kappa shape index (κ2) is 7.19. The second-order valence-electron chi connectivity index (χ2n) is 6.96. The van der Waals surface area contributed by atoms with E-state index in [9.17, 15) is 13.3 Å². The van der Waals surface area contributed by atoms with Crippen LogP contribution in [0.25, 0.3) is 10.4 Å². The molecule has 6 nitrogen and oxygen atoms in total. The van der Waals surface area contributed by atoms with Gasteiger partial charge in [0.1, 0.15) is 40.0 Å². The molecule has 2 atom stereocenters. The number of hydrogen-bond donors (Lipinski definition) is 0. The SMILES string of the molecule is C/C(=N\[S@+]([O-])C(C)(C)C)c1cc(F)cc2c1OC(CF)(CN=[N+]=[N-])C2. The lowest BCUT2D eigenvalue weighted by Crippen LogP contribution is -2.40. The number of alkyl halides is 1. The number of halogens is 2. The molecule has 1 aliphatic heterocycles. The molecule has 1 heterocycles. The molecular formula is C16H20F2N4O2S. The van der Waals surface area contributed by atoms with Gasteiger partial charge in [0.25, 0.3) is 0 Å². The van der Waals surface area contributed by atoms with Gasteiger partial charge in [0.05, 0.1) is 12.3 Å². The molecule has 0 radical (unpaired) electrons. The normalized spacial score (nSPS) is 21.3. The fraction of sp³-hybridized carbons (Fsp3) is 0.562. The van der Waals surface area contributed by atoms with Gasteiger partial charge in [-0.05, 0) is 45.4 Å². The molecule has 2 rings (SSSR count). The number of nitrogens with zero attached hydrogens (tertiary/aromatic N) is 4. The predicted molar refractivity (Wildman–Crippen MR) is 93.6 cm³/mol. The number of rotatable bonds is 5. The molecule has 1 aromatic rings. The Morgan fingerprint density at radius 3 is 2.72 bits per heavy atom. The highest BCUT2D eigenvalue weighted by Crippen LogP contribution is 2.40. The minimum Gasteiger partial charge on any atom is -0.591 e. The van der Waals surface area contributed by atoms with Crippen molar-refractivity contribution < 1.29 is 18.1 Å². The van der Waals surface area contributed by atoms with Crippen LogP contribution in [-0.2, 0) is 17.8 Å². The molecule has 0 aromatic heterocycles. The Labute approximate surface area is 148 Å². The lowest BCUT2D eigenvalue weighted by Gasteiger charge is -2.23. The first-order chi connectivity index (χ1) is 11.6. The minimum atomic E-state index is -1.53. The van der Waals surface area contributed by atoms with Crippen molar-refractivity contribution in [1.29, 1.82) is 0 Å². The van der Waals surface area contributed by atoms with Crippen molar-refractivity contribution in [2.75, 3.05) is 13.2 Å². The van der Waals surface area contributed by atoms with Crippen molar-refractivity contribution in [3.05, 3.63) is 39.5 Å². The summed E-state index contributed by atoms with van der Waals surface area (Å²) in [6.45, 7) is 5.85. The van der Waals surface area contributed by atoms with Gasteiger partial charge in [0.2, 0.25) is 0 Å². The van der Waals surface area contributed by atoms with E-state index in [0.717, 1.165) is 0 Å². The fourth-order valence-electron chi connectivity index (χ4n) is 2.45. The number of fused-ring (bicyclic) bond motifs is 1. The van der Waals surface area contributed by atoms with Crippen molar-refractivity contribution in [2.24, 2.45) is 9.51 Å². The van der Waals surface area contributed by atoms with Crippen molar-refractivity contribution in [1.82, 2.24) is 0 Å². The zero-order chi connectivity index (χ0) is 18.8. The van der Waals surface area contributed by atoms with Crippen LogP contribution in [-0.4, -0.2) is 33.8 Å². The molecule has 1 aliphatic rings. The summed E-state index contributed by atoms with van der Waals surface area (Å²) in [5.41, 5.74) is 8.26. The standard InChI is InChI=1S/C16H20F2N4O2S/c1-10(21-25(23)15(2,3)4)13-6-12(18)5-11-7-16(8-17,9-20-22-19)24-14(11)13/h5-6H,7-9H2,1-4H3/b21-10+/t16?,25-/m1/s1. The third-order valence-electron chi connectivity index (χ3n) is 3.76. The van der Waals surface area contributed by atoms with Gasteiger partial charge in [-0.15, -0.1) is 0 Å². The molecule has 1 aromatic carbocycles. The van der Waals surface area contributed by atoms with E-state index in [1.807, 2.05) is 0 Å². The van der Waals surface area contributed by atoms with E-state index in [-0.39, 0.29) is 13.0 Å². The van der Waals surface area contributed by atoms with Gasteiger partial charge in [0, 0.05) is 22.5 Å². The Hall–Kier alpha value is -1.83. The summed E-state index contributed by atoms with van der Waals surface area (Å²) in [5.74, 6) is -0.230. The number of azide groups is 1. The Bertz CT molecular complexity index is 744. The Morgan fingerprint density at radius 2 is 2.16 bits per heavy atom. The summed E-state index contributed by atoms with van der Waals surface area (Å²) in [6, 6.07) is 2.49. The molecule has 0 bridgehead atoms. The average Bonchev–Trinajstić information content (AvgIpc) is 2.90. The van der Waals surface area contributed by atoms with Crippen LogP contribution in [0, 0.1) is 5.82 Å². The monoisotopic (exact) mass is 370 g/mol. The van der Waals surface area contributed by atoms with Crippen LogP contribution in [0.1, 0.15) is 38.8 Å². The predicted octanol–water partition coefficient (Wildman–Crippen LogP) is 4.05. The molecule has 25 heavy (non-hydrogen) atoms. The van der Waals surface area contributed by atoms with E-state index in [1.54, 1.807) is 27.7 Å². The highest BCUT2D eigenvalue weighted by atomic mass is 32.2. The highest BCUT2D eigenvalue weighted by Gasteiger charge is 2.41. The fourth-order valence-corrected chi connectivity index (χ4v) is 3.07. The maximum atomic E-state index is 14.0. The van der Waals surface area contributed by atoms with Crippen LogP contribution in [0.2, 0.25) is 0 Å². The molecule has 0 N–H and O–H groups in total. The van der Waals surface area contributed by atoms with E-state index in [4.69, 9.17) is 10.3 Å². The topological polar surface area (TPSA) is 93.4 Å². The molecular weight excluding hydrogens is 350 g/mol. The first kappa shape index (κ1) is 19.5. The summed E-state index contributed by atoms with van der Waals surface area (Å²) in [7, 11) is 0. The van der Waals surface area contributed by atoms with Crippen molar-refractivity contribution in [2.45, 2.75) is 44.5 Å². The van der Waals surface area contributed by atoms with Gasteiger partial charge in [-0.2, -0.15) is 0 Å². The molecule has 0 spiro atoms. The molecule has 0 amide bonds. The van der Waals surface area contributed by atoms with E-state index in [2.05, 4.69) is 14.4 Å². The van der Waals surface area contributed by atoms with Gasteiger partial charge < -0.3 is 9.29 Å². The Kier molecular flexibility index (Phi) is 5.61. The number of ether oxygens (including phenoxy) is 1. The van der Waals surface area contributed by atoms with E-state index >= 15 is 0 Å². The maximum Gasteiger partial charge on any atom is 0.147 e. The van der Waals surface area contributed by atoms with Crippen LogP contribution in [0.4, 0.5) is 8.78 Å². The third kappa shape index (κ3) is 4.23. The summed E-state index contributed by atoms with van der Waals surface area (Å²) in [4.78, 5) is 2.64. The van der Waals surface area contributed by atoms with Crippen LogP contribution >= 0.6 is 0 Å². The molecule has 0 saturated heterocycles. The summed E-state index contributed by atoms with van der Waals surface area (Å²) in [5, 5.41) is 3.40. The molecule has 1 unspecified atom stereocenters. The Balaban J connectivity index is 2.45. The molecule has 0 fully saturated rings. The minimum absolute atomic E-state index is 0.0816. The first-order valence-electron chi connectivity index (χ1n) is 7.68. The van der Waals surface area contributed by atoms with Gasteiger partial charge in [0.15, 0.2) is 0 Å². The lowest BCUT2D eigenvalue weighted by molar-refractivity contribution is 0.0729. The number of benzene rings is 1. The van der Waals surface area contributed by atoms with Gasteiger partial charge in [-0.1, -0.05) is 9.51 Å². The van der Waals surface area contributed by atoms with Crippen LogP contribution in [0.5, 0.6) is 5.75 Å². The van der Waals surface area contributed by atoms with Crippen molar-refractivity contribution >= 4 is 17.1 Å². The van der Waals surface area contributed by atoms with E-state index < -0.39 is 34.2 Å². The molecule has 0 saturated carbocycles. The average molecular weight is 370 g/mol. The second-order valence-corrected chi connectivity index (χ2v) is 8.87.